The van der Waals surface area contributed by atoms with Gasteiger partial charge in [-0.05, 0) is 31.4 Å². The molecular weight excluding hydrogens is 146 g/mol. The molecule has 0 unspecified atom stereocenters. The van der Waals surface area contributed by atoms with E-state index in [2.05, 4.69) is 35.6 Å². The van der Waals surface area contributed by atoms with Crippen molar-refractivity contribution < 1.29 is 0 Å². The third-order valence-corrected chi connectivity index (χ3v) is 2.49. The van der Waals surface area contributed by atoms with Crippen molar-refractivity contribution in [2.45, 2.75) is 25.3 Å². The van der Waals surface area contributed by atoms with Crippen LogP contribution in [0.4, 0.5) is 0 Å². The third-order valence-electron chi connectivity index (χ3n) is 2.49. The first-order valence-electron chi connectivity index (χ1n) is 4.72. The standard InChI is InChI=1S/C11H15N/c1-2-5-10(6-3-1)9-11-7-4-8-12-11/h1-3,5-6,11-12H,4,7-9H2/t11-/m0/s1. The van der Waals surface area contributed by atoms with Crippen molar-refractivity contribution in [2.75, 3.05) is 6.54 Å². The Balaban J connectivity index is 1.94. The topological polar surface area (TPSA) is 12.0 Å². The first-order chi connectivity index (χ1) is 5.95. The van der Waals surface area contributed by atoms with Crippen LogP contribution in [0.1, 0.15) is 18.4 Å². The lowest BCUT2D eigenvalue weighted by molar-refractivity contribution is 0.603. The number of hydrogen-bond donors (Lipinski definition) is 1. The van der Waals surface area contributed by atoms with Crippen molar-refractivity contribution in [3.8, 4) is 0 Å². The Morgan fingerprint density at radius 2 is 2.08 bits per heavy atom. The molecule has 0 aliphatic carbocycles. The van der Waals surface area contributed by atoms with E-state index in [1.807, 2.05) is 0 Å². The highest BCUT2D eigenvalue weighted by Gasteiger charge is 2.13. The Morgan fingerprint density at radius 1 is 1.25 bits per heavy atom. The summed E-state index contributed by atoms with van der Waals surface area (Å²) >= 11 is 0. The summed E-state index contributed by atoms with van der Waals surface area (Å²) in [7, 11) is 0. The van der Waals surface area contributed by atoms with Crippen LogP contribution in [0.3, 0.4) is 0 Å². The van der Waals surface area contributed by atoms with Gasteiger partial charge in [-0.15, -0.1) is 0 Å². The summed E-state index contributed by atoms with van der Waals surface area (Å²) in [5.41, 5.74) is 1.46. The molecule has 1 N–H and O–H groups in total. The maximum Gasteiger partial charge on any atom is 0.0108 e. The Kier molecular flexibility index (Phi) is 2.42. The molecule has 1 fully saturated rings. The van der Waals surface area contributed by atoms with Gasteiger partial charge in [0.25, 0.3) is 0 Å². The van der Waals surface area contributed by atoms with Crippen molar-refractivity contribution in [2.24, 2.45) is 0 Å². The average Bonchev–Trinajstić information content (AvgIpc) is 2.59. The minimum Gasteiger partial charge on any atom is -0.314 e. The fourth-order valence-corrected chi connectivity index (χ4v) is 1.83. The molecule has 1 saturated heterocycles. The van der Waals surface area contributed by atoms with Crippen molar-refractivity contribution >= 4 is 0 Å². The molecule has 12 heavy (non-hydrogen) atoms. The summed E-state index contributed by atoms with van der Waals surface area (Å²) in [6, 6.07) is 11.5. The highest BCUT2D eigenvalue weighted by Crippen LogP contribution is 2.11. The van der Waals surface area contributed by atoms with Crippen LogP contribution in [0.5, 0.6) is 0 Å². The summed E-state index contributed by atoms with van der Waals surface area (Å²) in [6.07, 6.45) is 3.88. The van der Waals surface area contributed by atoms with Gasteiger partial charge in [-0.1, -0.05) is 30.3 Å². The monoisotopic (exact) mass is 161 g/mol. The minimum atomic E-state index is 0.729. The van der Waals surface area contributed by atoms with E-state index in [1.165, 1.54) is 31.4 Å². The van der Waals surface area contributed by atoms with Crippen LogP contribution in [0.15, 0.2) is 30.3 Å². The molecular formula is C11H15N. The number of benzene rings is 1. The molecule has 1 atom stereocenters. The fourth-order valence-electron chi connectivity index (χ4n) is 1.83. The van der Waals surface area contributed by atoms with E-state index in [-0.39, 0.29) is 0 Å². The van der Waals surface area contributed by atoms with Gasteiger partial charge in [-0.3, -0.25) is 0 Å². The summed E-state index contributed by atoms with van der Waals surface area (Å²) in [6.45, 7) is 1.21. The lowest BCUT2D eigenvalue weighted by Crippen LogP contribution is -2.23. The molecule has 0 aromatic heterocycles. The van der Waals surface area contributed by atoms with Gasteiger partial charge in [0, 0.05) is 6.04 Å². The van der Waals surface area contributed by atoms with Crippen molar-refractivity contribution in [1.29, 1.82) is 0 Å². The van der Waals surface area contributed by atoms with Crippen LogP contribution >= 0.6 is 0 Å². The molecule has 1 aliphatic heterocycles. The molecule has 0 saturated carbocycles. The predicted octanol–water partition coefficient (Wildman–Crippen LogP) is 1.98. The third kappa shape index (κ3) is 1.86. The lowest BCUT2D eigenvalue weighted by Gasteiger charge is -2.08. The van der Waals surface area contributed by atoms with E-state index in [0.717, 1.165) is 6.04 Å². The molecule has 0 amide bonds. The molecule has 1 nitrogen and oxygen atoms in total. The second-order valence-electron chi connectivity index (χ2n) is 3.48. The van der Waals surface area contributed by atoms with E-state index in [9.17, 15) is 0 Å². The van der Waals surface area contributed by atoms with Crippen LogP contribution in [0.25, 0.3) is 0 Å². The molecule has 2 rings (SSSR count). The second-order valence-corrected chi connectivity index (χ2v) is 3.48. The zero-order valence-electron chi connectivity index (χ0n) is 7.29. The zero-order chi connectivity index (χ0) is 8.23. The molecule has 0 radical (unpaired) electrons. The minimum absolute atomic E-state index is 0.729. The van der Waals surface area contributed by atoms with Crippen molar-refractivity contribution in [3.05, 3.63) is 35.9 Å². The van der Waals surface area contributed by atoms with E-state index < -0.39 is 0 Å². The summed E-state index contributed by atoms with van der Waals surface area (Å²) in [5, 5.41) is 3.51. The summed E-state index contributed by atoms with van der Waals surface area (Å²) in [4.78, 5) is 0. The number of nitrogens with one attached hydrogen (secondary N) is 1. The first kappa shape index (κ1) is 7.81. The molecule has 1 aromatic carbocycles. The Morgan fingerprint density at radius 3 is 2.75 bits per heavy atom. The molecule has 0 spiro atoms. The second kappa shape index (κ2) is 3.72. The van der Waals surface area contributed by atoms with Gasteiger partial charge < -0.3 is 5.32 Å². The predicted molar refractivity (Wildman–Crippen MR) is 51.2 cm³/mol. The SMILES string of the molecule is c1ccc(C[C@@H]2CCCN2)cc1. The van der Waals surface area contributed by atoms with E-state index in [4.69, 9.17) is 0 Å². The van der Waals surface area contributed by atoms with Crippen LogP contribution < -0.4 is 5.32 Å². The molecule has 1 heteroatoms. The Labute approximate surface area is 73.8 Å². The van der Waals surface area contributed by atoms with Gasteiger partial charge in [0.15, 0.2) is 0 Å². The molecule has 0 bridgehead atoms. The molecule has 1 aliphatic rings. The van der Waals surface area contributed by atoms with Gasteiger partial charge >= 0.3 is 0 Å². The fraction of sp³-hybridized carbons (Fsp3) is 0.455. The largest absolute Gasteiger partial charge is 0.314 e. The lowest BCUT2D eigenvalue weighted by atomic mass is 10.1. The quantitative estimate of drug-likeness (QED) is 0.699. The van der Waals surface area contributed by atoms with Gasteiger partial charge in [-0.25, -0.2) is 0 Å². The molecule has 1 aromatic rings. The van der Waals surface area contributed by atoms with Gasteiger partial charge in [0.2, 0.25) is 0 Å². The van der Waals surface area contributed by atoms with E-state index in [1.54, 1.807) is 0 Å². The Hall–Kier alpha value is -0.820. The van der Waals surface area contributed by atoms with Gasteiger partial charge in [-0.2, -0.15) is 0 Å². The highest BCUT2D eigenvalue weighted by molar-refractivity contribution is 5.16. The van der Waals surface area contributed by atoms with Crippen molar-refractivity contribution in [3.63, 3.8) is 0 Å². The smallest absolute Gasteiger partial charge is 0.0108 e. The van der Waals surface area contributed by atoms with E-state index >= 15 is 0 Å². The normalized spacial score (nSPS) is 22.8. The zero-order valence-corrected chi connectivity index (χ0v) is 7.29. The van der Waals surface area contributed by atoms with Crippen LogP contribution in [0, 0.1) is 0 Å². The maximum atomic E-state index is 3.51. The number of hydrogen-bond acceptors (Lipinski definition) is 1. The number of rotatable bonds is 2. The van der Waals surface area contributed by atoms with Gasteiger partial charge in [0.1, 0.15) is 0 Å². The molecule has 1 heterocycles. The van der Waals surface area contributed by atoms with Crippen LogP contribution in [0.2, 0.25) is 0 Å². The van der Waals surface area contributed by atoms with Crippen LogP contribution in [-0.2, 0) is 6.42 Å². The Bertz CT molecular complexity index is 224. The highest BCUT2D eigenvalue weighted by atomic mass is 14.9. The average molecular weight is 161 g/mol. The first-order valence-corrected chi connectivity index (χ1v) is 4.72. The van der Waals surface area contributed by atoms with Crippen LogP contribution in [-0.4, -0.2) is 12.6 Å². The maximum absolute atomic E-state index is 3.51. The van der Waals surface area contributed by atoms with E-state index in [0.29, 0.717) is 0 Å². The summed E-state index contributed by atoms with van der Waals surface area (Å²) < 4.78 is 0. The molecule has 64 valence electrons. The van der Waals surface area contributed by atoms with Crippen molar-refractivity contribution in [1.82, 2.24) is 5.32 Å². The van der Waals surface area contributed by atoms with Gasteiger partial charge in [0.05, 0.1) is 0 Å². The summed E-state index contributed by atoms with van der Waals surface area (Å²) in [5.74, 6) is 0.